The Kier molecular flexibility index (Phi) is 6.92. The molecule has 1 saturated carbocycles. The van der Waals surface area contributed by atoms with Gasteiger partial charge in [-0.3, -0.25) is 4.99 Å². The molecule has 3 aliphatic rings. The van der Waals surface area contributed by atoms with E-state index in [4.69, 9.17) is 16.6 Å². The molecular weight excluding hydrogens is 419 g/mol. The van der Waals surface area contributed by atoms with Crippen molar-refractivity contribution >= 4 is 39.9 Å². The molecule has 2 heterocycles. The van der Waals surface area contributed by atoms with Crippen molar-refractivity contribution in [3.05, 3.63) is 29.3 Å². The largest absolute Gasteiger partial charge is 0.370 e. The highest BCUT2D eigenvalue weighted by atomic mass is 35.5. The van der Waals surface area contributed by atoms with Crippen molar-refractivity contribution in [2.24, 2.45) is 4.99 Å². The minimum absolute atomic E-state index is 0. The van der Waals surface area contributed by atoms with Crippen LogP contribution in [0.4, 0.5) is 0 Å². The third-order valence-electron chi connectivity index (χ3n) is 6.02. The molecular formula is C19H28Cl2N4O2S. The molecule has 1 aromatic rings. The van der Waals surface area contributed by atoms with Gasteiger partial charge in [-0.15, -0.1) is 12.4 Å². The van der Waals surface area contributed by atoms with Gasteiger partial charge in [0.2, 0.25) is 10.0 Å². The van der Waals surface area contributed by atoms with Crippen molar-refractivity contribution in [3.8, 4) is 0 Å². The van der Waals surface area contributed by atoms with E-state index in [1.807, 2.05) is 0 Å². The SMILES string of the molecule is Cl.O=S(=O)(c1ccc(Cl)cc1)N1CCC2(CC1)NCCN=C2NC1CCCC1. The Morgan fingerprint density at radius 2 is 1.79 bits per heavy atom. The van der Waals surface area contributed by atoms with Crippen LogP contribution in [-0.2, 0) is 10.0 Å². The third-order valence-corrected chi connectivity index (χ3v) is 8.19. The van der Waals surface area contributed by atoms with Crippen LogP contribution in [0.15, 0.2) is 34.2 Å². The van der Waals surface area contributed by atoms with E-state index in [9.17, 15) is 8.42 Å². The van der Waals surface area contributed by atoms with Crippen LogP contribution in [0.2, 0.25) is 5.02 Å². The Hall–Kier alpha value is -0.860. The number of amidine groups is 1. The molecule has 156 valence electrons. The molecule has 0 amide bonds. The summed E-state index contributed by atoms with van der Waals surface area (Å²) in [5, 5.41) is 7.86. The van der Waals surface area contributed by atoms with Crippen molar-refractivity contribution in [2.45, 2.75) is 55.0 Å². The number of nitrogens with zero attached hydrogens (tertiary/aromatic N) is 2. The fourth-order valence-corrected chi connectivity index (χ4v) is 5.99. The maximum atomic E-state index is 12.9. The summed E-state index contributed by atoms with van der Waals surface area (Å²) in [6, 6.07) is 6.92. The van der Waals surface area contributed by atoms with Crippen molar-refractivity contribution in [1.82, 2.24) is 14.9 Å². The highest BCUT2D eigenvalue weighted by Crippen LogP contribution is 2.30. The molecule has 6 nitrogen and oxygen atoms in total. The highest BCUT2D eigenvalue weighted by molar-refractivity contribution is 7.89. The van der Waals surface area contributed by atoms with Crippen molar-refractivity contribution in [2.75, 3.05) is 26.2 Å². The fraction of sp³-hybridized carbons (Fsp3) is 0.632. The molecule has 1 saturated heterocycles. The standard InChI is InChI=1S/C19H27ClN4O2S.ClH/c20-15-5-7-17(8-6-15)27(25,26)24-13-9-19(10-14-24)18(21-11-12-22-19)23-16-3-1-2-4-16;/h5-8,16,22H,1-4,9-14H2,(H,21,23);1H. The lowest BCUT2D eigenvalue weighted by Crippen LogP contribution is -2.65. The molecule has 1 aromatic carbocycles. The van der Waals surface area contributed by atoms with E-state index in [1.54, 1.807) is 28.6 Å². The maximum absolute atomic E-state index is 12.9. The average molecular weight is 447 g/mol. The van der Waals surface area contributed by atoms with Crippen molar-refractivity contribution in [3.63, 3.8) is 0 Å². The van der Waals surface area contributed by atoms with E-state index < -0.39 is 10.0 Å². The van der Waals surface area contributed by atoms with Gasteiger partial charge in [-0.1, -0.05) is 24.4 Å². The van der Waals surface area contributed by atoms with Crippen LogP contribution < -0.4 is 10.6 Å². The molecule has 9 heteroatoms. The van der Waals surface area contributed by atoms with Crippen molar-refractivity contribution in [1.29, 1.82) is 0 Å². The monoisotopic (exact) mass is 446 g/mol. The summed E-state index contributed by atoms with van der Waals surface area (Å²) in [4.78, 5) is 5.09. The third kappa shape index (κ3) is 4.33. The molecule has 0 unspecified atom stereocenters. The van der Waals surface area contributed by atoms with Crippen LogP contribution in [0.3, 0.4) is 0 Å². The van der Waals surface area contributed by atoms with E-state index in [1.165, 1.54) is 25.7 Å². The normalized spacial score (nSPS) is 23.2. The molecule has 1 spiro atoms. The Morgan fingerprint density at radius 3 is 2.43 bits per heavy atom. The zero-order chi connectivity index (χ0) is 18.9. The van der Waals surface area contributed by atoms with Crippen LogP contribution in [0.1, 0.15) is 38.5 Å². The quantitative estimate of drug-likeness (QED) is 0.748. The van der Waals surface area contributed by atoms with Gasteiger partial charge in [0.25, 0.3) is 0 Å². The average Bonchev–Trinajstić information content (AvgIpc) is 3.18. The topological polar surface area (TPSA) is 73.8 Å². The minimum Gasteiger partial charge on any atom is -0.370 e. The summed E-state index contributed by atoms with van der Waals surface area (Å²) in [5.74, 6) is 1.05. The van der Waals surface area contributed by atoms with Gasteiger partial charge in [-0.05, 0) is 49.9 Å². The maximum Gasteiger partial charge on any atom is 0.243 e. The first-order valence-corrected chi connectivity index (χ1v) is 11.6. The molecule has 2 N–H and O–H groups in total. The first-order chi connectivity index (χ1) is 13.0. The number of sulfonamides is 1. The zero-order valence-corrected chi connectivity index (χ0v) is 18.3. The summed E-state index contributed by atoms with van der Waals surface area (Å²) in [6.45, 7) is 2.61. The molecule has 4 rings (SSSR count). The smallest absolute Gasteiger partial charge is 0.243 e. The first kappa shape index (κ1) is 21.8. The fourth-order valence-electron chi connectivity index (χ4n) is 4.42. The van der Waals surface area contributed by atoms with Crippen LogP contribution in [0.5, 0.6) is 0 Å². The number of rotatable bonds is 3. The van der Waals surface area contributed by atoms with E-state index in [-0.39, 0.29) is 17.9 Å². The van der Waals surface area contributed by atoms with Crippen LogP contribution in [0, 0.1) is 0 Å². The number of hydrogen-bond donors (Lipinski definition) is 2. The van der Waals surface area contributed by atoms with Gasteiger partial charge < -0.3 is 10.6 Å². The predicted octanol–water partition coefficient (Wildman–Crippen LogP) is 2.82. The van der Waals surface area contributed by atoms with E-state index >= 15 is 0 Å². The summed E-state index contributed by atoms with van der Waals surface area (Å²) >= 11 is 5.89. The van der Waals surface area contributed by atoms with Gasteiger partial charge in [-0.2, -0.15) is 4.31 Å². The zero-order valence-electron chi connectivity index (χ0n) is 15.9. The van der Waals surface area contributed by atoms with Crippen LogP contribution in [0.25, 0.3) is 0 Å². The van der Waals surface area contributed by atoms with Gasteiger partial charge >= 0.3 is 0 Å². The van der Waals surface area contributed by atoms with Crippen molar-refractivity contribution < 1.29 is 8.42 Å². The first-order valence-electron chi connectivity index (χ1n) is 9.82. The lowest BCUT2D eigenvalue weighted by molar-refractivity contribution is 0.240. The Balaban J connectivity index is 0.00000225. The van der Waals surface area contributed by atoms with Gasteiger partial charge in [-0.25, -0.2) is 8.42 Å². The Bertz CT molecular complexity index is 800. The summed E-state index contributed by atoms with van der Waals surface area (Å²) in [7, 11) is -3.49. The number of nitrogens with one attached hydrogen (secondary N) is 2. The molecule has 0 bridgehead atoms. The number of halogens is 2. The molecule has 0 radical (unpaired) electrons. The second-order valence-electron chi connectivity index (χ2n) is 7.72. The summed E-state index contributed by atoms with van der Waals surface area (Å²) < 4.78 is 27.5. The van der Waals surface area contributed by atoms with Gasteiger partial charge in [0.05, 0.1) is 17.0 Å². The van der Waals surface area contributed by atoms with E-state index in [2.05, 4.69) is 10.6 Å². The summed E-state index contributed by atoms with van der Waals surface area (Å²) in [5.41, 5.74) is -0.215. The second-order valence-corrected chi connectivity index (χ2v) is 10.1. The molecule has 1 aliphatic carbocycles. The number of piperidine rings is 1. The number of hydrogen-bond acceptors (Lipinski definition) is 5. The van der Waals surface area contributed by atoms with E-state index in [0.29, 0.717) is 29.0 Å². The highest BCUT2D eigenvalue weighted by Gasteiger charge is 2.43. The van der Waals surface area contributed by atoms with Gasteiger partial charge in [0, 0.05) is 30.7 Å². The molecule has 0 atom stereocenters. The van der Waals surface area contributed by atoms with E-state index in [0.717, 1.165) is 31.8 Å². The minimum atomic E-state index is -3.49. The number of aliphatic imine (C=N–C) groups is 1. The predicted molar refractivity (Wildman–Crippen MR) is 115 cm³/mol. The molecule has 2 fully saturated rings. The Labute approximate surface area is 178 Å². The van der Waals surface area contributed by atoms with Gasteiger partial charge in [0.15, 0.2) is 0 Å². The molecule has 28 heavy (non-hydrogen) atoms. The van der Waals surface area contributed by atoms with Crippen LogP contribution in [-0.4, -0.2) is 56.3 Å². The Morgan fingerprint density at radius 1 is 1.14 bits per heavy atom. The number of benzene rings is 1. The lowest BCUT2D eigenvalue weighted by Gasteiger charge is -2.45. The summed E-state index contributed by atoms with van der Waals surface area (Å²) in [6.07, 6.45) is 6.42. The lowest BCUT2D eigenvalue weighted by atomic mass is 9.85. The molecule has 0 aromatic heterocycles. The van der Waals surface area contributed by atoms with Gasteiger partial charge in [0.1, 0.15) is 5.84 Å². The van der Waals surface area contributed by atoms with Crippen LogP contribution >= 0.6 is 24.0 Å². The second kappa shape index (κ2) is 8.88. The molecule has 2 aliphatic heterocycles.